The minimum atomic E-state index is 0.320. The number of hydrogen-bond donors (Lipinski definition) is 1. The lowest BCUT2D eigenvalue weighted by atomic mass is 10.1. The van der Waals surface area contributed by atoms with Crippen molar-refractivity contribution in [3.63, 3.8) is 0 Å². The third-order valence-electron chi connectivity index (χ3n) is 2.70. The summed E-state index contributed by atoms with van der Waals surface area (Å²) in [5, 5.41) is 4.17. The molecule has 2 rings (SSSR count). The highest BCUT2D eigenvalue weighted by atomic mass is 32.2. The molecule has 2 aromatic rings. The maximum absolute atomic E-state index is 4.40. The predicted molar refractivity (Wildman–Crippen MR) is 75.7 cm³/mol. The second kappa shape index (κ2) is 6.52. The van der Waals surface area contributed by atoms with Crippen LogP contribution in [0.3, 0.4) is 0 Å². The normalized spacial score (nSPS) is 12.3. The Bertz CT molecular complexity index is 487. The average molecular weight is 259 g/mol. The summed E-state index contributed by atoms with van der Waals surface area (Å²) in [6, 6.07) is 12.7. The van der Waals surface area contributed by atoms with Crippen LogP contribution in [0.5, 0.6) is 0 Å². The van der Waals surface area contributed by atoms with E-state index in [0.717, 1.165) is 16.6 Å². The Morgan fingerprint density at radius 1 is 1.22 bits per heavy atom. The van der Waals surface area contributed by atoms with Crippen molar-refractivity contribution in [2.24, 2.45) is 0 Å². The Balaban J connectivity index is 2.00. The molecule has 18 heavy (non-hydrogen) atoms. The number of benzene rings is 1. The van der Waals surface area contributed by atoms with Gasteiger partial charge < -0.3 is 5.32 Å². The average Bonchev–Trinajstić information content (AvgIpc) is 2.41. The van der Waals surface area contributed by atoms with Crippen LogP contribution in [0.15, 0.2) is 47.8 Å². The molecule has 0 saturated carbocycles. The molecule has 1 N–H and O–H groups in total. The SMILES string of the molecule is CNC(CSc1nccc(C)n1)c1ccccc1. The van der Waals surface area contributed by atoms with E-state index in [1.807, 2.05) is 32.3 Å². The third-order valence-corrected chi connectivity index (χ3v) is 3.66. The zero-order chi connectivity index (χ0) is 12.8. The molecule has 1 aromatic carbocycles. The summed E-state index contributed by atoms with van der Waals surface area (Å²) in [5.74, 6) is 0.921. The molecule has 0 aliphatic rings. The Morgan fingerprint density at radius 3 is 2.67 bits per heavy atom. The third kappa shape index (κ3) is 3.55. The second-order valence-electron chi connectivity index (χ2n) is 4.04. The molecule has 1 aromatic heterocycles. The van der Waals surface area contributed by atoms with E-state index in [4.69, 9.17) is 0 Å². The van der Waals surface area contributed by atoms with Crippen LogP contribution in [0.2, 0.25) is 0 Å². The van der Waals surface area contributed by atoms with Crippen molar-refractivity contribution in [1.82, 2.24) is 15.3 Å². The number of nitrogens with one attached hydrogen (secondary N) is 1. The molecule has 1 unspecified atom stereocenters. The van der Waals surface area contributed by atoms with E-state index < -0.39 is 0 Å². The van der Waals surface area contributed by atoms with E-state index in [9.17, 15) is 0 Å². The van der Waals surface area contributed by atoms with Crippen molar-refractivity contribution in [3.05, 3.63) is 53.9 Å². The first-order chi connectivity index (χ1) is 8.79. The predicted octanol–water partition coefficient (Wildman–Crippen LogP) is 2.84. The number of thioether (sulfide) groups is 1. The first-order valence-electron chi connectivity index (χ1n) is 5.94. The minimum absolute atomic E-state index is 0.320. The van der Waals surface area contributed by atoms with Gasteiger partial charge >= 0.3 is 0 Å². The van der Waals surface area contributed by atoms with Crippen molar-refractivity contribution >= 4 is 11.8 Å². The van der Waals surface area contributed by atoms with Gasteiger partial charge in [0, 0.05) is 23.7 Å². The van der Waals surface area contributed by atoms with Gasteiger partial charge in [-0.25, -0.2) is 9.97 Å². The summed E-state index contributed by atoms with van der Waals surface area (Å²) < 4.78 is 0. The Labute approximate surface area is 112 Å². The molecular formula is C14H17N3S. The number of aromatic nitrogens is 2. The highest BCUT2D eigenvalue weighted by Crippen LogP contribution is 2.21. The molecule has 0 aliphatic heterocycles. The quantitative estimate of drug-likeness (QED) is 0.662. The summed E-state index contributed by atoms with van der Waals surface area (Å²) in [6.07, 6.45) is 1.81. The van der Waals surface area contributed by atoms with Crippen LogP contribution in [0, 0.1) is 6.92 Å². The fourth-order valence-corrected chi connectivity index (χ4v) is 2.70. The van der Waals surface area contributed by atoms with E-state index >= 15 is 0 Å². The summed E-state index contributed by atoms with van der Waals surface area (Å²) in [4.78, 5) is 8.66. The van der Waals surface area contributed by atoms with Gasteiger partial charge in [-0.3, -0.25) is 0 Å². The Morgan fingerprint density at radius 2 is 2.00 bits per heavy atom. The lowest BCUT2D eigenvalue weighted by Crippen LogP contribution is -2.18. The van der Waals surface area contributed by atoms with E-state index in [1.165, 1.54) is 5.56 Å². The van der Waals surface area contributed by atoms with Crippen molar-refractivity contribution in [2.75, 3.05) is 12.8 Å². The zero-order valence-corrected chi connectivity index (χ0v) is 11.4. The van der Waals surface area contributed by atoms with Crippen LogP contribution in [0.1, 0.15) is 17.3 Å². The maximum Gasteiger partial charge on any atom is 0.187 e. The van der Waals surface area contributed by atoms with Crippen LogP contribution in [-0.4, -0.2) is 22.8 Å². The largest absolute Gasteiger partial charge is 0.312 e. The number of hydrogen-bond acceptors (Lipinski definition) is 4. The van der Waals surface area contributed by atoms with Gasteiger partial charge in [0.2, 0.25) is 0 Å². The molecule has 94 valence electrons. The molecular weight excluding hydrogens is 242 g/mol. The molecule has 0 aliphatic carbocycles. The summed E-state index contributed by atoms with van der Waals surface area (Å²) >= 11 is 1.68. The van der Waals surface area contributed by atoms with E-state index in [2.05, 4.69) is 39.6 Å². The highest BCUT2D eigenvalue weighted by molar-refractivity contribution is 7.99. The number of nitrogens with zero attached hydrogens (tertiary/aromatic N) is 2. The molecule has 0 fully saturated rings. The lowest BCUT2D eigenvalue weighted by molar-refractivity contribution is 0.661. The van der Waals surface area contributed by atoms with Gasteiger partial charge in [-0.15, -0.1) is 0 Å². The van der Waals surface area contributed by atoms with Gasteiger partial charge in [-0.05, 0) is 25.6 Å². The zero-order valence-electron chi connectivity index (χ0n) is 10.6. The van der Waals surface area contributed by atoms with Crippen molar-refractivity contribution < 1.29 is 0 Å². The molecule has 0 amide bonds. The number of rotatable bonds is 5. The molecule has 1 atom stereocenters. The van der Waals surface area contributed by atoms with Crippen LogP contribution in [0.25, 0.3) is 0 Å². The first-order valence-corrected chi connectivity index (χ1v) is 6.93. The van der Waals surface area contributed by atoms with Crippen LogP contribution >= 0.6 is 11.8 Å². The van der Waals surface area contributed by atoms with Crippen LogP contribution in [0.4, 0.5) is 0 Å². The summed E-state index contributed by atoms with van der Waals surface area (Å²) in [5.41, 5.74) is 2.30. The van der Waals surface area contributed by atoms with Gasteiger partial charge in [0.05, 0.1) is 0 Å². The first kappa shape index (κ1) is 13.1. The van der Waals surface area contributed by atoms with Gasteiger partial charge in [-0.2, -0.15) is 0 Å². The lowest BCUT2D eigenvalue weighted by Gasteiger charge is -2.15. The Kier molecular flexibility index (Phi) is 4.73. The molecule has 0 radical (unpaired) electrons. The van der Waals surface area contributed by atoms with Crippen molar-refractivity contribution in [3.8, 4) is 0 Å². The standard InChI is InChI=1S/C14H17N3S/c1-11-8-9-16-14(17-11)18-10-13(15-2)12-6-4-3-5-7-12/h3-9,13,15H,10H2,1-2H3. The van der Waals surface area contributed by atoms with E-state index in [0.29, 0.717) is 6.04 Å². The molecule has 4 heteroatoms. The van der Waals surface area contributed by atoms with Crippen molar-refractivity contribution in [2.45, 2.75) is 18.1 Å². The van der Waals surface area contributed by atoms with Gasteiger partial charge in [0.1, 0.15) is 0 Å². The molecule has 0 saturated heterocycles. The summed E-state index contributed by atoms with van der Waals surface area (Å²) in [6.45, 7) is 1.98. The molecule has 0 spiro atoms. The monoisotopic (exact) mass is 259 g/mol. The fourth-order valence-electron chi connectivity index (χ4n) is 1.68. The maximum atomic E-state index is 4.40. The van der Waals surface area contributed by atoms with Crippen LogP contribution < -0.4 is 5.32 Å². The highest BCUT2D eigenvalue weighted by Gasteiger charge is 2.10. The topological polar surface area (TPSA) is 37.8 Å². The summed E-state index contributed by atoms with van der Waals surface area (Å²) in [7, 11) is 1.98. The van der Waals surface area contributed by atoms with Crippen LogP contribution in [-0.2, 0) is 0 Å². The molecule has 1 heterocycles. The van der Waals surface area contributed by atoms with E-state index in [1.54, 1.807) is 11.8 Å². The smallest absolute Gasteiger partial charge is 0.187 e. The Hall–Kier alpha value is -1.39. The fraction of sp³-hybridized carbons (Fsp3) is 0.286. The number of aryl methyl sites for hydroxylation is 1. The minimum Gasteiger partial charge on any atom is -0.312 e. The van der Waals surface area contributed by atoms with Gasteiger partial charge in [0.15, 0.2) is 5.16 Å². The second-order valence-corrected chi connectivity index (χ2v) is 5.03. The van der Waals surface area contributed by atoms with E-state index in [-0.39, 0.29) is 0 Å². The van der Waals surface area contributed by atoms with Gasteiger partial charge in [0.25, 0.3) is 0 Å². The van der Waals surface area contributed by atoms with Crippen molar-refractivity contribution in [1.29, 1.82) is 0 Å². The molecule has 3 nitrogen and oxygen atoms in total. The molecule has 0 bridgehead atoms. The van der Waals surface area contributed by atoms with Gasteiger partial charge in [-0.1, -0.05) is 42.1 Å².